The van der Waals surface area contributed by atoms with Gasteiger partial charge in [-0.25, -0.2) is 0 Å². The third-order valence-electron chi connectivity index (χ3n) is 3.68. The van der Waals surface area contributed by atoms with Crippen LogP contribution in [0.5, 0.6) is 5.75 Å². The summed E-state index contributed by atoms with van der Waals surface area (Å²) in [5.74, 6) is 1.34. The van der Waals surface area contributed by atoms with E-state index in [0.717, 1.165) is 19.5 Å². The van der Waals surface area contributed by atoms with E-state index in [1.54, 1.807) is 25.3 Å². The Labute approximate surface area is 114 Å². The number of hydrogen-bond donors (Lipinski definition) is 1. The van der Waals surface area contributed by atoms with Crippen LogP contribution in [-0.4, -0.2) is 31.0 Å². The summed E-state index contributed by atoms with van der Waals surface area (Å²) in [7, 11) is 1.58. The third-order valence-corrected chi connectivity index (χ3v) is 3.68. The fourth-order valence-electron chi connectivity index (χ4n) is 2.71. The van der Waals surface area contributed by atoms with Gasteiger partial charge in [-0.1, -0.05) is 13.3 Å². The first kappa shape index (κ1) is 13.7. The lowest BCUT2D eigenvalue weighted by Gasteiger charge is -2.17. The van der Waals surface area contributed by atoms with Gasteiger partial charge in [0.15, 0.2) is 0 Å². The fourth-order valence-corrected chi connectivity index (χ4v) is 2.71. The second-order valence-electron chi connectivity index (χ2n) is 5.19. The van der Waals surface area contributed by atoms with E-state index in [4.69, 9.17) is 10.5 Å². The average Bonchev–Trinajstić information content (AvgIpc) is 2.86. The Hall–Kier alpha value is -1.71. The van der Waals surface area contributed by atoms with Crippen LogP contribution in [0.15, 0.2) is 18.2 Å². The summed E-state index contributed by atoms with van der Waals surface area (Å²) in [6.45, 7) is 3.90. The van der Waals surface area contributed by atoms with Gasteiger partial charge in [-0.05, 0) is 30.9 Å². The number of benzene rings is 1. The first-order valence-electron chi connectivity index (χ1n) is 6.88. The number of hydrogen-bond acceptors (Lipinski definition) is 3. The molecule has 1 aromatic carbocycles. The van der Waals surface area contributed by atoms with Crippen LogP contribution in [-0.2, 0) is 0 Å². The maximum atomic E-state index is 12.4. The van der Waals surface area contributed by atoms with Gasteiger partial charge >= 0.3 is 0 Å². The number of likely N-dealkylation sites (tertiary alicyclic amines) is 1. The molecule has 1 aliphatic rings. The molecule has 19 heavy (non-hydrogen) atoms. The zero-order valence-corrected chi connectivity index (χ0v) is 11.7. The highest BCUT2D eigenvalue weighted by Crippen LogP contribution is 2.25. The second-order valence-corrected chi connectivity index (χ2v) is 5.19. The van der Waals surface area contributed by atoms with E-state index < -0.39 is 0 Å². The van der Waals surface area contributed by atoms with E-state index in [0.29, 0.717) is 22.9 Å². The molecule has 1 heterocycles. The van der Waals surface area contributed by atoms with Crippen molar-refractivity contribution in [1.82, 2.24) is 4.90 Å². The van der Waals surface area contributed by atoms with Gasteiger partial charge in [0.25, 0.3) is 5.91 Å². The number of nitrogens with two attached hydrogens (primary N) is 1. The van der Waals surface area contributed by atoms with Crippen LogP contribution >= 0.6 is 0 Å². The quantitative estimate of drug-likeness (QED) is 0.848. The fraction of sp³-hybridized carbons (Fsp3) is 0.533. The average molecular weight is 262 g/mol. The topological polar surface area (TPSA) is 55.6 Å². The van der Waals surface area contributed by atoms with Crippen LogP contribution in [0.3, 0.4) is 0 Å². The third kappa shape index (κ3) is 3.19. The SMILES string of the molecule is CCCC1CCN(C(=O)c2cc(N)cc(OC)c2)C1. The number of carbonyl (C=O) groups is 1. The molecule has 4 heteroatoms. The lowest BCUT2D eigenvalue weighted by Crippen LogP contribution is -2.28. The zero-order chi connectivity index (χ0) is 13.8. The van der Waals surface area contributed by atoms with Gasteiger partial charge in [-0.3, -0.25) is 4.79 Å². The monoisotopic (exact) mass is 262 g/mol. The van der Waals surface area contributed by atoms with Gasteiger partial charge in [0.2, 0.25) is 0 Å². The molecule has 0 aliphatic carbocycles. The largest absolute Gasteiger partial charge is 0.497 e. The normalized spacial score (nSPS) is 18.6. The van der Waals surface area contributed by atoms with Crippen molar-refractivity contribution < 1.29 is 9.53 Å². The lowest BCUT2D eigenvalue weighted by molar-refractivity contribution is 0.0786. The van der Waals surface area contributed by atoms with Crippen molar-refractivity contribution in [3.63, 3.8) is 0 Å². The number of amides is 1. The molecule has 2 rings (SSSR count). The minimum absolute atomic E-state index is 0.0594. The smallest absolute Gasteiger partial charge is 0.254 e. The molecule has 0 radical (unpaired) electrons. The van der Waals surface area contributed by atoms with Crippen molar-refractivity contribution in [3.8, 4) is 5.75 Å². The molecule has 0 spiro atoms. The number of ether oxygens (including phenoxy) is 1. The van der Waals surface area contributed by atoms with Crippen LogP contribution in [0.2, 0.25) is 0 Å². The molecule has 0 bridgehead atoms. The Morgan fingerprint density at radius 1 is 1.47 bits per heavy atom. The van der Waals surface area contributed by atoms with Gasteiger partial charge < -0.3 is 15.4 Å². The molecule has 1 atom stereocenters. The first-order chi connectivity index (χ1) is 9.13. The van der Waals surface area contributed by atoms with E-state index in [-0.39, 0.29) is 5.91 Å². The maximum absolute atomic E-state index is 12.4. The molecule has 1 aliphatic heterocycles. The van der Waals surface area contributed by atoms with Gasteiger partial charge in [0, 0.05) is 30.4 Å². The highest BCUT2D eigenvalue weighted by atomic mass is 16.5. The van der Waals surface area contributed by atoms with Crippen LogP contribution in [0.25, 0.3) is 0 Å². The molecule has 1 unspecified atom stereocenters. The molecule has 0 aromatic heterocycles. The van der Waals surface area contributed by atoms with Gasteiger partial charge in [0.1, 0.15) is 5.75 Å². The Morgan fingerprint density at radius 3 is 2.95 bits per heavy atom. The molecule has 104 valence electrons. The Morgan fingerprint density at radius 2 is 2.26 bits per heavy atom. The van der Waals surface area contributed by atoms with Crippen LogP contribution in [0.4, 0.5) is 5.69 Å². The van der Waals surface area contributed by atoms with Crippen molar-refractivity contribution in [3.05, 3.63) is 23.8 Å². The van der Waals surface area contributed by atoms with Crippen LogP contribution < -0.4 is 10.5 Å². The molecular weight excluding hydrogens is 240 g/mol. The predicted molar refractivity (Wildman–Crippen MR) is 76.3 cm³/mol. The Kier molecular flexibility index (Phi) is 4.30. The van der Waals surface area contributed by atoms with E-state index in [9.17, 15) is 4.79 Å². The number of carbonyl (C=O) groups excluding carboxylic acids is 1. The van der Waals surface area contributed by atoms with Crippen LogP contribution in [0, 0.1) is 5.92 Å². The van der Waals surface area contributed by atoms with Crippen molar-refractivity contribution in [2.75, 3.05) is 25.9 Å². The molecule has 1 amide bonds. The lowest BCUT2D eigenvalue weighted by atomic mass is 10.0. The number of methoxy groups -OCH3 is 1. The highest BCUT2D eigenvalue weighted by molar-refractivity contribution is 5.95. The Bertz CT molecular complexity index is 459. The molecule has 1 saturated heterocycles. The van der Waals surface area contributed by atoms with Gasteiger partial charge in [-0.15, -0.1) is 0 Å². The number of anilines is 1. The number of rotatable bonds is 4. The molecule has 2 N–H and O–H groups in total. The van der Waals surface area contributed by atoms with E-state index in [1.807, 2.05) is 4.90 Å². The highest BCUT2D eigenvalue weighted by Gasteiger charge is 2.26. The number of nitrogens with zero attached hydrogens (tertiary/aromatic N) is 1. The summed E-state index contributed by atoms with van der Waals surface area (Å²) in [5.41, 5.74) is 6.98. The summed E-state index contributed by atoms with van der Waals surface area (Å²) < 4.78 is 5.16. The minimum atomic E-state index is 0.0594. The summed E-state index contributed by atoms with van der Waals surface area (Å²) in [6.07, 6.45) is 3.49. The summed E-state index contributed by atoms with van der Waals surface area (Å²) >= 11 is 0. The summed E-state index contributed by atoms with van der Waals surface area (Å²) in [4.78, 5) is 14.4. The maximum Gasteiger partial charge on any atom is 0.254 e. The minimum Gasteiger partial charge on any atom is -0.497 e. The molecule has 4 nitrogen and oxygen atoms in total. The number of nitrogen functional groups attached to an aromatic ring is 1. The second kappa shape index (κ2) is 5.95. The molecule has 1 fully saturated rings. The molecule has 0 saturated carbocycles. The first-order valence-corrected chi connectivity index (χ1v) is 6.88. The van der Waals surface area contributed by atoms with Gasteiger partial charge in [-0.2, -0.15) is 0 Å². The van der Waals surface area contributed by atoms with E-state index >= 15 is 0 Å². The standard InChI is InChI=1S/C15H22N2O2/c1-3-4-11-5-6-17(10-11)15(18)12-7-13(16)9-14(8-12)19-2/h7-9,11H,3-6,10,16H2,1-2H3. The van der Waals surface area contributed by atoms with Crippen LogP contribution in [0.1, 0.15) is 36.5 Å². The zero-order valence-electron chi connectivity index (χ0n) is 11.7. The Balaban J connectivity index is 2.10. The van der Waals surface area contributed by atoms with Crippen molar-refractivity contribution in [2.45, 2.75) is 26.2 Å². The van der Waals surface area contributed by atoms with Gasteiger partial charge in [0.05, 0.1) is 7.11 Å². The van der Waals surface area contributed by atoms with Crippen molar-refractivity contribution >= 4 is 11.6 Å². The van der Waals surface area contributed by atoms with Crippen molar-refractivity contribution in [1.29, 1.82) is 0 Å². The summed E-state index contributed by atoms with van der Waals surface area (Å²) in [6, 6.07) is 5.20. The molecule has 1 aromatic rings. The van der Waals surface area contributed by atoms with Crippen molar-refractivity contribution in [2.24, 2.45) is 5.92 Å². The predicted octanol–water partition coefficient (Wildman–Crippen LogP) is 2.54. The molecular formula is C15H22N2O2. The van der Waals surface area contributed by atoms with E-state index in [2.05, 4.69) is 6.92 Å². The summed E-state index contributed by atoms with van der Waals surface area (Å²) in [5, 5.41) is 0. The van der Waals surface area contributed by atoms with E-state index in [1.165, 1.54) is 12.8 Å².